The van der Waals surface area contributed by atoms with Crippen molar-refractivity contribution in [2.75, 3.05) is 11.9 Å². The number of aromatic nitrogens is 1. The molecule has 2 aromatic rings. The Labute approximate surface area is 103 Å². The van der Waals surface area contributed by atoms with E-state index in [4.69, 9.17) is 9.15 Å². The predicted octanol–water partition coefficient (Wildman–Crippen LogP) is 2.46. The number of allylic oxidation sites excluding steroid dienone is 1. The number of rotatable bonds is 2. The second-order valence-corrected chi connectivity index (χ2v) is 4.10. The smallest absolute Gasteiger partial charge is 0.335 e. The van der Waals surface area contributed by atoms with Crippen LogP contribution in [-0.4, -0.2) is 17.6 Å². The Morgan fingerprint density at radius 3 is 2.94 bits per heavy atom. The molecule has 2 heterocycles. The summed E-state index contributed by atoms with van der Waals surface area (Å²) in [4.78, 5) is 15.7. The Kier molecular flexibility index (Phi) is 2.51. The third-order valence-electron chi connectivity index (χ3n) is 2.87. The molecule has 1 aliphatic heterocycles. The fraction of sp³-hybridized carbons (Fsp3) is 0.231. The minimum absolute atomic E-state index is 0.267. The van der Waals surface area contributed by atoms with Crippen LogP contribution in [0, 0.1) is 0 Å². The number of ether oxygens (including phenoxy) is 1. The molecule has 0 aliphatic carbocycles. The summed E-state index contributed by atoms with van der Waals surface area (Å²) >= 11 is 0. The molecule has 0 spiro atoms. The molecule has 5 nitrogen and oxygen atoms in total. The van der Waals surface area contributed by atoms with Gasteiger partial charge in [-0.2, -0.15) is 4.98 Å². The van der Waals surface area contributed by atoms with Gasteiger partial charge in [-0.25, -0.2) is 4.79 Å². The van der Waals surface area contributed by atoms with Crippen LogP contribution < -0.4 is 5.32 Å². The molecule has 3 rings (SSSR count). The zero-order valence-electron chi connectivity index (χ0n) is 9.90. The first-order valence-electron chi connectivity index (χ1n) is 5.73. The summed E-state index contributed by atoms with van der Waals surface area (Å²) in [7, 11) is 0. The monoisotopic (exact) mass is 244 g/mol. The number of anilines is 1. The summed E-state index contributed by atoms with van der Waals surface area (Å²) in [5, 5.41) is 3.00. The van der Waals surface area contributed by atoms with Gasteiger partial charge in [0.2, 0.25) is 0 Å². The van der Waals surface area contributed by atoms with Gasteiger partial charge >= 0.3 is 5.97 Å². The molecule has 1 aromatic heterocycles. The maximum Gasteiger partial charge on any atom is 0.335 e. The van der Waals surface area contributed by atoms with Crippen LogP contribution in [0.4, 0.5) is 6.01 Å². The number of nitrogens with zero attached hydrogens (tertiary/aromatic N) is 1. The average Bonchev–Trinajstić information content (AvgIpc) is 2.94. The van der Waals surface area contributed by atoms with Crippen LogP contribution in [0.15, 0.2) is 40.0 Å². The SMILES string of the molecule is C/C(Nc1nc2ccccc2o1)=C1\CCOC1=O. The van der Waals surface area contributed by atoms with Crippen molar-refractivity contribution in [1.82, 2.24) is 4.98 Å². The van der Waals surface area contributed by atoms with Gasteiger partial charge in [0, 0.05) is 12.1 Å². The highest BCUT2D eigenvalue weighted by molar-refractivity contribution is 5.91. The Morgan fingerprint density at radius 1 is 1.39 bits per heavy atom. The summed E-state index contributed by atoms with van der Waals surface area (Å²) < 4.78 is 10.4. The van der Waals surface area contributed by atoms with Crippen molar-refractivity contribution in [3.8, 4) is 0 Å². The van der Waals surface area contributed by atoms with Gasteiger partial charge in [0.15, 0.2) is 5.58 Å². The number of carbonyl (C=O) groups is 1. The topological polar surface area (TPSA) is 64.4 Å². The van der Waals surface area contributed by atoms with Crippen molar-refractivity contribution in [3.05, 3.63) is 35.5 Å². The van der Waals surface area contributed by atoms with Crippen LogP contribution in [0.25, 0.3) is 11.1 Å². The Balaban J connectivity index is 1.90. The molecule has 0 radical (unpaired) electrons. The van der Waals surface area contributed by atoms with Gasteiger partial charge in [0.1, 0.15) is 5.52 Å². The van der Waals surface area contributed by atoms with Crippen LogP contribution in [-0.2, 0) is 9.53 Å². The zero-order valence-corrected chi connectivity index (χ0v) is 9.90. The minimum Gasteiger partial charge on any atom is -0.462 e. The van der Waals surface area contributed by atoms with Crippen LogP contribution >= 0.6 is 0 Å². The molecule has 1 fully saturated rings. The molecule has 0 atom stereocenters. The normalized spacial score (nSPS) is 17.9. The molecule has 18 heavy (non-hydrogen) atoms. The molecule has 1 aliphatic rings. The van der Waals surface area contributed by atoms with Crippen LogP contribution in [0.5, 0.6) is 0 Å². The number of carbonyl (C=O) groups excluding carboxylic acids is 1. The van der Waals surface area contributed by atoms with Gasteiger partial charge in [-0.15, -0.1) is 0 Å². The summed E-state index contributed by atoms with van der Waals surface area (Å²) in [6.07, 6.45) is 0.623. The third kappa shape index (κ3) is 1.84. The van der Waals surface area contributed by atoms with Gasteiger partial charge < -0.3 is 14.5 Å². The Hall–Kier alpha value is -2.30. The number of oxazole rings is 1. The van der Waals surface area contributed by atoms with E-state index in [1.54, 1.807) is 0 Å². The van der Waals surface area contributed by atoms with E-state index in [1.807, 2.05) is 31.2 Å². The summed E-state index contributed by atoms with van der Waals surface area (Å²) in [5.74, 6) is -0.267. The highest BCUT2D eigenvalue weighted by Gasteiger charge is 2.22. The fourth-order valence-electron chi connectivity index (χ4n) is 1.94. The van der Waals surface area contributed by atoms with E-state index >= 15 is 0 Å². The fourth-order valence-corrected chi connectivity index (χ4v) is 1.94. The lowest BCUT2D eigenvalue weighted by atomic mass is 10.2. The number of cyclic esters (lactones) is 1. The van der Waals surface area contributed by atoms with Crippen molar-refractivity contribution in [1.29, 1.82) is 0 Å². The highest BCUT2D eigenvalue weighted by atomic mass is 16.5. The average molecular weight is 244 g/mol. The molecule has 0 amide bonds. The molecule has 1 N–H and O–H groups in total. The number of hydrogen-bond donors (Lipinski definition) is 1. The number of nitrogens with one attached hydrogen (secondary N) is 1. The van der Waals surface area contributed by atoms with Crippen molar-refractivity contribution >= 4 is 23.1 Å². The summed E-state index contributed by atoms with van der Waals surface area (Å²) in [6.45, 7) is 2.26. The van der Waals surface area contributed by atoms with E-state index in [1.165, 1.54) is 0 Å². The first-order chi connectivity index (χ1) is 8.74. The quantitative estimate of drug-likeness (QED) is 0.649. The summed E-state index contributed by atoms with van der Waals surface area (Å²) in [5.41, 5.74) is 2.87. The van der Waals surface area contributed by atoms with Crippen LogP contribution in [0.2, 0.25) is 0 Å². The van der Waals surface area contributed by atoms with Gasteiger partial charge in [-0.05, 0) is 19.1 Å². The molecule has 92 valence electrons. The first kappa shape index (κ1) is 10.8. The molecule has 0 unspecified atom stereocenters. The van der Waals surface area contributed by atoms with Crippen molar-refractivity contribution in [2.24, 2.45) is 0 Å². The maximum absolute atomic E-state index is 11.4. The Morgan fingerprint density at radius 2 is 2.22 bits per heavy atom. The number of para-hydroxylation sites is 2. The zero-order chi connectivity index (χ0) is 12.5. The number of hydrogen-bond acceptors (Lipinski definition) is 5. The lowest BCUT2D eigenvalue weighted by Crippen LogP contribution is -2.04. The standard InChI is InChI=1S/C13H12N2O3/c1-8(9-6-7-17-12(9)16)14-13-15-10-4-2-3-5-11(10)18-13/h2-5H,6-7H2,1H3,(H,14,15)/b9-8-. The van der Waals surface area contributed by atoms with Gasteiger partial charge in [-0.3, -0.25) is 0 Å². The molecule has 0 saturated carbocycles. The van der Waals surface area contributed by atoms with Gasteiger partial charge in [-0.1, -0.05) is 12.1 Å². The number of benzene rings is 1. The van der Waals surface area contributed by atoms with E-state index in [0.717, 1.165) is 11.2 Å². The highest BCUT2D eigenvalue weighted by Crippen LogP contribution is 2.22. The number of esters is 1. The van der Waals surface area contributed by atoms with E-state index < -0.39 is 0 Å². The molecular weight excluding hydrogens is 232 g/mol. The van der Waals surface area contributed by atoms with E-state index in [9.17, 15) is 4.79 Å². The lowest BCUT2D eigenvalue weighted by molar-refractivity contribution is -0.135. The van der Waals surface area contributed by atoms with Crippen molar-refractivity contribution in [2.45, 2.75) is 13.3 Å². The van der Waals surface area contributed by atoms with Crippen molar-refractivity contribution < 1.29 is 13.9 Å². The largest absolute Gasteiger partial charge is 0.462 e. The number of fused-ring (bicyclic) bond motifs is 1. The van der Waals surface area contributed by atoms with Crippen LogP contribution in [0.1, 0.15) is 13.3 Å². The second-order valence-electron chi connectivity index (χ2n) is 4.10. The molecular formula is C13H12N2O3. The van der Waals surface area contributed by atoms with Crippen molar-refractivity contribution in [3.63, 3.8) is 0 Å². The first-order valence-corrected chi connectivity index (χ1v) is 5.73. The second kappa shape index (κ2) is 4.18. The van der Waals surface area contributed by atoms with Crippen LogP contribution in [0.3, 0.4) is 0 Å². The molecule has 0 bridgehead atoms. The Bertz CT molecular complexity index is 609. The predicted molar refractivity (Wildman–Crippen MR) is 65.9 cm³/mol. The van der Waals surface area contributed by atoms with E-state index in [2.05, 4.69) is 10.3 Å². The lowest BCUT2D eigenvalue weighted by Gasteiger charge is -2.02. The maximum atomic E-state index is 11.4. The van der Waals surface area contributed by atoms with E-state index in [-0.39, 0.29) is 5.97 Å². The van der Waals surface area contributed by atoms with Gasteiger partial charge in [0.25, 0.3) is 6.01 Å². The van der Waals surface area contributed by atoms with Gasteiger partial charge in [0.05, 0.1) is 12.2 Å². The molecule has 1 saturated heterocycles. The molecule has 5 heteroatoms. The van der Waals surface area contributed by atoms with E-state index in [0.29, 0.717) is 30.2 Å². The minimum atomic E-state index is -0.267. The third-order valence-corrected chi connectivity index (χ3v) is 2.87. The summed E-state index contributed by atoms with van der Waals surface area (Å²) in [6, 6.07) is 7.89. The molecule has 1 aromatic carbocycles.